The van der Waals surface area contributed by atoms with Crippen molar-refractivity contribution in [2.24, 2.45) is 0 Å². The largest absolute Gasteiger partial charge is 0.375 e. The second-order valence-corrected chi connectivity index (χ2v) is 11.2. The molecule has 2 aliphatic heterocycles. The van der Waals surface area contributed by atoms with Crippen molar-refractivity contribution in [3.8, 4) is 0 Å². The van der Waals surface area contributed by atoms with Crippen molar-refractivity contribution < 1.29 is 19.9 Å². The lowest BCUT2D eigenvalue weighted by Gasteiger charge is -2.56. The van der Waals surface area contributed by atoms with Gasteiger partial charge >= 0.3 is 0 Å². The van der Waals surface area contributed by atoms with Crippen LogP contribution in [0.3, 0.4) is 0 Å². The summed E-state index contributed by atoms with van der Waals surface area (Å²) in [7, 11) is 0. The van der Waals surface area contributed by atoms with E-state index in [0.717, 1.165) is 12.8 Å². The first kappa shape index (κ1) is 23.0. The van der Waals surface area contributed by atoms with Crippen LogP contribution in [-0.2, 0) is 9.47 Å². The first-order chi connectivity index (χ1) is 12.1. The second-order valence-electron chi connectivity index (χ2n) is 11.2. The first-order valence-electron chi connectivity index (χ1n) is 10.3. The molecule has 0 aliphatic carbocycles. The summed E-state index contributed by atoms with van der Waals surface area (Å²) < 4.78 is 12.7. The van der Waals surface area contributed by atoms with E-state index >= 15 is 0 Å². The van der Waals surface area contributed by atoms with E-state index in [0.29, 0.717) is 26.1 Å². The molecule has 2 fully saturated rings. The molecule has 2 N–H and O–H groups in total. The number of rotatable bonds is 5. The summed E-state index contributed by atoms with van der Waals surface area (Å²) in [6.07, 6.45) is 3.02. The van der Waals surface area contributed by atoms with Gasteiger partial charge in [0.2, 0.25) is 0 Å². The van der Waals surface area contributed by atoms with E-state index in [9.17, 15) is 10.4 Å². The molecular formula is C21H42N2O4. The van der Waals surface area contributed by atoms with E-state index in [1.807, 2.05) is 6.92 Å². The molecule has 6 heteroatoms. The molecule has 6 nitrogen and oxygen atoms in total. The van der Waals surface area contributed by atoms with Crippen molar-refractivity contribution in [1.29, 1.82) is 0 Å². The van der Waals surface area contributed by atoms with E-state index < -0.39 is 16.7 Å². The Morgan fingerprint density at radius 2 is 1.19 bits per heavy atom. The second kappa shape index (κ2) is 7.22. The number of ether oxygens (including phenoxy) is 2. The van der Waals surface area contributed by atoms with Gasteiger partial charge in [-0.15, -0.1) is 0 Å². The van der Waals surface area contributed by atoms with Crippen LogP contribution in [0.15, 0.2) is 0 Å². The summed E-state index contributed by atoms with van der Waals surface area (Å²) in [6.45, 7) is 19.6. The van der Waals surface area contributed by atoms with E-state index in [-0.39, 0.29) is 17.2 Å². The van der Waals surface area contributed by atoms with Crippen LogP contribution in [0.2, 0.25) is 0 Å². The number of hydrogen-bond donors (Lipinski definition) is 2. The molecule has 0 atom stereocenters. The lowest BCUT2D eigenvalue weighted by molar-refractivity contribution is -0.295. The molecule has 2 heterocycles. The lowest BCUT2D eigenvalue weighted by Crippen LogP contribution is -2.66. The Labute approximate surface area is 165 Å². The zero-order chi connectivity index (χ0) is 20.9. The topological polar surface area (TPSA) is 65.4 Å². The maximum absolute atomic E-state index is 10.7. The monoisotopic (exact) mass is 386 g/mol. The van der Waals surface area contributed by atoms with Crippen molar-refractivity contribution in [1.82, 2.24) is 10.1 Å². The van der Waals surface area contributed by atoms with Crippen molar-refractivity contribution >= 4 is 0 Å². The number of hydroxylamine groups is 4. The zero-order valence-electron chi connectivity index (χ0n) is 18.9. The van der Waals surface area contributed by atoms with Gasteiger partial charge in [0.1, 0.15) is 0 Å². The van der Waals surface area contributed by atoms with Gasteiger partial charge in [0.05, 0.1) is 18.3 Å². The van der Waals surface area contributed by atoms with Crippen LogP contribution >= 0.6 is 0 Å². The van der Waals surface area contributed by atoms with Gasteiger partial charge in [-0.1, -0.05) is 0 Å². The lowest BCUT2D eigenvalue weighted by atomic mass is 9.72. The van der Waals surface area contributed by atoms with E-state index in [4.69, 9.17) is 9.47 Å². The zero-order valence-corrected chi connectivity index (χ0v) is 18.9. The van der Waals surface area contributed by atoms with Gasteiger partial charge in [0, 0.05) is 28.8 Å². The van der Waals surface area contributed by atoms with Gasteiger partial charge in [-0.05, 0) is 88.0 Å². The molecule has 27 heavy (non-hydrogen) atoms. The Morgan fingerprint density at radius 1 is 0.778 bits per heavy atom. The fourth-order valence-corrected chi connectivity index (χ4v) is 5.73. The van der Waals surface area contributed by atoms with Gasteiger partial charge in [-0.25, -0.2) is 0 Å². The molecular weight excluding hydrogens is 344 g/mol. The summed E-state index contributed by atoms with van der Waals surface area (Å²) >= 11 is 0. The van der Waals surface area contributed by atoms with Crippen molar-refractivity contribution in [2.45, 2.75) is 122 Å². The number of piperidine rings is 2. The van der Waals surface area contributed by atoms with Crippen LogP contribution in [0.5, 0.6) is 0 Å². The highest BCUT2D eigenvalue weighted by Gasteiger charge is 2.54. The van der Waals surface area contributed by atoms with Gasteiger partial charge in [-0.2, -0.15) is 10.1 Å². The molecule has 160 valence electrons. The molecule has 0 aromatic rings. The maximum atomic E-state index is 10.7. The molecule has 0 aromatic heterocycles. The molecule has 0 radical (unpaired) electrons. The van der Waals surface area contributed by atoms with Crippen LogP contribution in [0.1, 0.15) is 88.0 Å². The van der Waals surface area contributed by atoms with Crippen molar-refractivity contribution in [3.05, 3.63) is 0 Å². The van der Waals surface area contributed by atoms with Crippen LogP contribution in [0, 0.1) is 0 Å². The number of hydrogen-bond acceptors (Lipinski definition) is 6. The van der Waals surface area contributed by atoms with E-state index in [1.54, 1.807) is 0 Å². The molecule has 2 rings (SSSR count). The van der Waals surface area contributed by atoms with E-state index in [1.165, 1.54) is 10.1 Å². The third-order valence-corrected chi connectivity index (χ3v) is 6.29. The predicted octanol–water partition coefficient (Wildman–Crippen LogP) is 4.23. The Morgan fingerprint density at radius 3 is 1.59 bits per heavy atom. The molecule has 2 saturated heterocycles. The summed E-state index contributed by atoms with van der Waals surface area (Å²) in [6, 6.07) is 0. The molecule has 0 unspecified atom stereocenters. The Kier molecular flexibility index (Phi) is 6.16. The molecule has 0 spiro atoms. The summed E-state index contributed by atoms with van der Waals surface area (Å²) in [4.78, 5) is 0. The third kappa shape index (κ3) is 4.68. The Balaban J connectivity index is 2.17. The fourth-order valence-electron chi connectivity index (χ4n) is 5.73. The highest BCUT2D eigenvalue weighted by Crippen LogP contribution is 2.45. The molecule has 2 aliphatic rings. The first-order valence-corrected chi connectivity index (χ1v) is 10.3. The minimum Gasteiger partial charge on any atom is -0.375 e. The van der Waals surface area contributed by atoms with Gasteiger partial charge in [0.25, 0.3) is 0 Å². The Bertz CT molecular complexity index is 494. The molecule has 0 bridgehead atoms. The third-order valence-electron chi connectivity index (χ3n) is 6.29. The number of nitrogens with zero attached hydrogens (tertiary/aromatic N) is 2. The van der Waals surface area contributed by atoms with Crippen LogP contribution in [0.4, 0.5) is 0 Å². The van der Waals surface area contributed by atoms with Crippen molar-refractivity contribution in [2.75, 3.05) is 13.2 Å². The van der Waals surface area contributed by atoms with Crippen LogP contribution in [-0.4, -0.2) is 67.6 Å². The molecule has 0 aromatic carbocycles. The van der Waals surface area contributed by atoms with Crippen molar-refractivity contribution in [3.63, 3.8) is 0 Å². The van der Waals surface area contributed by atoms with Crippen LogP contribution in [0.25, 0.3) is 0 Å². The van der Waals surface area contributed by atoms with Gasteiger partial charge in [0.15, 0.2) is 0 Å². The summed E-state index contributed by atoms with van der Waals surface area (Å²) in [5.41, 5.74) is -1.89. The molecule has 0 saturated carbocycles. The standard InChI is InChI=1S/C21H42N2O4/c1-10-27-21(13-19(6,7)23(25)20(8,9)14-21)15-26-16-11-17(2,3)22(24)18(4,5)12-16/h16,24-25H,10-15H2,1-9H3. The smallest absolute Gasteiger partial charge is 0.0951 e. The minimum atomic E-state index is -0.425. The highest BCUT2D eigenvalue weighted by molar-refractivity contribution is 5.05. The normalized spacial score (nSPS) is 30.3. The quantitative estimate of drug-likeness (QED) is 0.737. The predicted molar refractivity (Wildman–Crippen MR) is 106 cm³/mol. The van der Waals surface area contributed by atoms with Gasteiger partial charge < -0.3 is 19.9 Å². The van der Waals surface area contributed by atoms with E-state index in [2.05, 4.69) is 55.4 Å². The van der Waals surface area contributed by atoms with Crippen LogP contribution < -0.4 is 0 Å². The highest BCUT2D eigenvalue weighted by atomic mass is 16.6. The average Bonchev–Trinajstić information content (AvgIpc) is 2.47. The summed E-state index contributed by atoms with van der Waals surface area (Å²) in [5, 5.41) is 24.1. The summed E-state index contributed by atoms with van der Waals surface area (Å²) in [5.74, 6) is 0. The maximum Gasteiger partial charge on any atom is 0.0951 e. The van der Waals surface area contributed by atoms with Gasteiger partial charge in [-0.3, -0.25) is 0 Å². The average molecular weight is 387 g/mol. The fraction of sp³-hybridized carbons (Fsp3) is 1.00. The Hall–Kier alpha value is -0.240. The SMILES string of the molecule is CCOC1(COC2CC(C)(C)N(O)C(C)(C)C2)CC(C)(C)N(O)C(C)(C)C1. The molecule has 0 amide bonds. The minimum absolute atomic E-state index is 0.0640.